The lowest BCUT2D eigenvalue weighted by atomic mass is 10.2. The Morgan fingerprint density at radius 3 is 1.94 bits per heavy atom. The van der Waals surface area contributed by atoms with E-state index in [9.17, 15) is 5.11 Å². The molecule has 0 aromatic heterocycles. The fraction of sp³-hybridized carbons (Fsp3) is 0.833. The molecule has 0 aromatic rings. The molecule has 0 aliphatic carbocycles. The molecular weight excluding hydrogens is 252 g/mol. The van der Waals surface area contributed by atoms with Crippen LogP contribution in [0.2, 0.25) is 44.8 Å². The molecule has 0 fully saturated rings. The van der Waals surface area contributed by atoms with Crippen LogP contribution in [-0.2, 0) is 0 Å². The molecule has 0 saturated heterocycles. The van der Waals surface area contributed by atoms with Crippen molar-refractivity contribution in [1.82, 2.24) is 0 Å². The highest BCUT2D eigenvalue weighted by atomic mass is 35.5. The van der Waals surface area contributed by atoms with Crippen LogP contribution in [0.1, 0.15) is 6.42 Å². The number of hydrogen-bond donors (Lipinski definition) is 1. The first kappa shape index (κ1) is 16.4. The molecule has 4 heteroatoms. The maximum Gasteiger partial charge on any atom is 0.0682 e. The Morgan fingerprint density at radius 1 is 1.12 bits per heavy atom. The summed E-state index contributed by atoms with van der Waals surface area (Å²) in [4.78, 5) is 0. The largest absolute Gasteiger partial charge is 0.392 e. The zero-order valence-electron chi connectivity index (χ0n) is 11.5. The van der Waals surface area contributed by atoms with Crippen molar-refractivity contribution in [2.45, 2.75) is 57.3 Å². The molecule has 0 amide bonds. The second-order valence-corrected chi connectivity index (χ2v) is 17.6. The first-order valence-corrected chi connectivity index (χ1v) is 13.7. The predicted octanol–water partition coefficient (Wildman–Crippen LogP) is 4.12. The summed E-state index contributed by atoms with van der Waals surface area (Å²) < 4.78 is 0. The average Bonchev–Trinajstić information content (AvgIpc) is 2.08. The summed E-state index contributed by atoms with van der Waals surface area (Å²) in [5.41, 5.74) is 2.93. The Morgan fingerprint density at radius 2 is 1.62 bits per heavy atom. The van der Waals surface area contributed by atoms with Crippen LogP contribution in [0.15, 0.2) is 11.8 Å². The van der Waals surface area contributed by atoms with Crippen LogP contribution >= 0.6 is 11.6 Å². The molecule has 16 heavy (non-hydrogen) atoms. The van der Waals surface area contributed by atoms with E-state index in [1.165, 1.54) is 0 Å². The van der Waals surface area contributed by atoms with Gasteiger partial charge in [-0.1, -0.05) is 51.1 Å². The summed E-state index contributed by atoms with van der Waals surface area (Å²) in [7, 11) is -2.38. The Hall–Kier alpha value is 0.424. The van der Waals surface area contributed by atoms with Gasteiger partial charge in [0, 0.05) is 5.88 Å². The molecule has 1 N–H and O–H groups in total. The first-order chi connectivity index (χ1) is 7.06. The van der Waals surface area contributed by atoms with Crippen molar-refractivity contribution in [3.05, 3.63) is 11.8 Å². The third-order valence-corrected chi connectivity index (χ3v) is 6.85. The van der Waals surface area contributed by atoms with Gasteiger partial charge in [0.2, 0.25) is 0 Å². The predicted molar refractivity (Wildman–Crippen MR) is 80.9 cm³/mol. The van der Waals surface area contributed by atoms with Gasteiger partial charge in [0.05, 0.1) is 22.3 Å². The Labute approximate surface area is 108 Å². The van der Waals surface area contributed by atoms with E-state index in [-0.39, 0.29) is 6.10 Å². The number of halogens is 1. The van der Waals surface area contributed by atoms with Gasteiger partial charge in [-0.3, -0.25) is 0 Å². The minimum absolute atomic E-state index is 0.349. The molecule has 2 unspecified atom stereocenters. The molecule has 96 valence electrons. The van der Waals surface area contributed by atoms with Crippen molar-refractivity contribution >= 4 is 27.7 Å². The summed E-state index contributed by atoms with van der Waals surface area (Å²) >= 11 is 5.69. The van der Waals surface area contributed by atoms with Crippen LogP contribution in [0.3, 0.4) is 0 Å². The number of hydrogen-bond acceptors (Lipinski definition) is 1. The standard InChI is InChI=1S/C12H27ClOSi2/c1-15(2,3)8-7-12(16(4,5)6)9-11(14)10-13/h7-8,11-12,14H,9-10H2,1-6H3/b8-7+. The highest BCUT2D eigenvalue weighted by Crippen LogP contribution is 2.29. The molecule has 0 aliphatic rings. The topological polar surface area (TPSA) is 20.2 Å². The van der Waals surface area contributed by atoms with Crippen LogP contribution in [0.25, 0.3) is 0 Å². The zero-order chi connectivity index (χ0) is 13.0. The molecule has 0 bridgehead atoms. The van der Waals surface area contributed by atoms with Crippen molar-refractivity contribution in [3.63, 3.8) is 0 Å². The molecule has 0 aliphatic heterocycles. The minimum Gasteiger partial charge on any atom is -0.392 e. The Balaban J connectivity index is 4.64. The fourth-order valence-electron chi connectivity index (χ4n) is 1.48. The van der Waals surface area contributed by atoms with Crippen molar-refractivity contribution < 1.29 is 5.11 Å². The zero-order valence-corrected chi connectivity index (χ0v) is 14.3. The summed E-state index contributed by atoms with van der Waals surface area (Å²) in [6.45, 7) is 14.1. The lowest BCUT2D eigenvalue weighted by molar-refractivity contribution is 0.188. The van der Waals surface area contributed by atoms with Gasteiger partial charge in [0.25, 0.3) is 0 Å². The summed E-state index contributed by atoms with van der Waals surface area (Å²) in [6, 6.07) is 0. The van der Waals surface area contributed by atoms with Crippen LogP contribution < -0.4 is 0 Å². The smallest absolute Gasteiger partial charge is 0.0682 e. The quantitative estimate of drug-likeness (QED) is 0.572. The third-order valence-electron chi connectivity index (χ3n) is 2.65. The van der Waals surface area contributed by atoms with Gasteiger partial charge < -0.3 is 5.11 Å². The van der Waals surface area contributed by atoms with E-state index in [4.69, 9.17) is 11.6 Å². The second kappa shape index (κ2) is 6.38. The number of aliphatic hydroxyl groups is 1. The molecule has 0 heterocycles. The first-order valence-electron chi connectivity index (χ1n) is 5.99. The van der Waals surface area contributed by atoms with Crippen LogP contribution in [0.4, 0.5) is 0 Å². The summed E-state index contributed by atoms with van der Waals surface area (Å²) in [6.07, 6.45) is 2.82. The van der Waals surface area contributed by atoms with E-state index < -0.39 is 16.1 Å². The van der Waals surface area contributed by atoms with E-state index >= 15 is 0 Å². The summed E-state index contributed by atoms with van der Waals surface area (Å²) in [5.74, 6) is 0.349. The number of aliphatic hydroxyl groups excluding tert-OH is 1. The lowest BCUT2D eigenvalue weighted by Crippen LogP contribution is -2.31. The van der Waals surface area contributed by atoms with E-state index in [1.807, 2.05) is 0 Å². The van der Waals surface area contributed by atoms with Gasteiger partial charge in [-0.15, -0.1) is 11.6 Å². The molecule has 0 radical (unpaired) electrons. The molecule has 2 atom stereocenters. The number of alkyl halides is 1. The SMILES string of the molecule is C[Si](C)(C)/C=C/C(CC(O)CCl)[Si](C)(C)C. The Kier molecular flexibility index (Phi) is 6.55. The molecule has 0 saturated carbocycles. The molecule has 0 spiro atoms. The van der Waals surface area contributed by atoms with Crippen molar-refractivity contribution in [2.24, 2.45) is 0 Å². The molecule has 0 rings (SSSR count). The van der Waals surface area contributed by atoms with Gasteiger partial charge in [-0.2, -0.15) is 0 Å². The molecule has 1 nitrogen and oxygen atoms in total. The molecule has 0 aromatic carbocycles. The fourth-order valence-corrected chi connectivity index (χ4v) is 4.26. The van der Waals surface area contributed by atoms with Gasteiger partial charge in [0.15, 0.2) is 0 Å². The highest BCUT2D eigenvalue weighted by Gasteiger charge is 2.26. The van der Waals surface area contributed by atoms with Crippen molar-refractivity contribution in [3.8, 4) is 0 Å². The van der Waals surface area contributed by atoms with Gasteiger partial charge >= 0.3 is 0 Å². The lowest BCUT2D eigenvalue weighted by Gasteiger charge is -2.28. The van der Waals surface area contributed by atoms with Crippen molar-refractivity contribution in [2.75, 3.05) is 5.88 Å². The number of allylic oxidation sites excluding steroid dienone is 1. The van der Waals surface area contributed by atoms with E-state index in [2.05, 4.69) is 51.1 Å². The van der Waals surface area contributed by atoms with Crippen LogP contribution in [0.5, 0.6) is 0 Å². The minimum atomic E-state index is -1.25. The van der Waals surface area contributed by atoms with Gasteiger partial charge in [0.1, 0.15) is 0 Å². The van der Waals surface area contributed by atoms with Crippen LogP contribution in [-0.4, -0.2) is 33.2 Å². The Bertz CT molecular complexity index is 228. The van der Waals surface area contributed by atoms with Crippen molar-refractivity contribution in [1.29, 1.82) is 0 Å². The van der Waals surface area contributed by atoms with Gasteiger partial charge in [-0.05, 0) is 12.0 Å². The van der Waals surface area contributed by atoms with Crippen LogP contribution in [0, 0.1) is 0 Å². The molecular formula is C12H27ClOSi2. The normalized spacial score (nSPS) is 17.8. The van der Waals surface area contributed by atoms with E-state index in [0.29, 0.717) is 11.4 Å². The average molecular weight is 279 g/mol. The summed E-state index contributed by atoms with van der Waals surface area (Å²) in [5, 5.41) is 9.69. The maximum atomic E-state index is 9.69. The van der Waals surface area contributed by atoms with E-state index in [1.54, 1.807) is 0 Å². The third kappa shape index (κ3) is 7.66. The monoisotopic (exact) mass is 278 g/mol. The van der Waals surface area contributed by atoms with Gasteiger partial charge in [-0.25, -0.2) is 0 Å². The second-order valence-electron chi connectivity index (χ2n) is 6.74. The van der Waals surface area contributed by atoms with E-state index in [0.717, 1.165) is 6.42 Å². The number of rotatable bonds is 6. The maximum absolute atomic E-state index is 9.69. The highest BCUT2D eigenvalue weighted by molar-refractivity contribution is 6.81.